The summed E-state index contributed by atoms with van der Waals surface area (Å²) in [5, 5.41) is 5.60. The number of hydrogen-bond donors (Lipinski definition) is 2. The van der Waals surface area contributed by atoms with Crippen LogP contribution in [0.25, 0.3) is 11.8 Å². The molecule has 1 aliphatic carbocycles. The normalized spacial score (nSPS) is 16.2. The summed E-state index contributed by atoms with van der Waals surface area (Å²) >= 11 is 0. The van der Waals surface area contributed by atoms with E-state index in [0.29, 0.717) is 18.1 Å². The predicted molar refractivity (Wildman–Crippen MR) is 124 cm³/mol. The molecule has 0 saturated heterocycles. The Labute approximate surface area is 185 Å². The highest BCUT2D eigenvalue weighted by Crippen LogP contribution is 2.34. The van der Waals surface area contributed by atoms with Gasteiger partial charge in [0.2, 0.25) is 0 Å². The zero-order valence-electron chi connectivity index (χ0n) is 17.9. The van der Waals surface area contributed by atoms with Crippen LogP contribution in [0.4, 0.5) is 14.9 Å². The maximum absolute atomic E-state index is 13.1. The molecule has 0 atom stereocenters. The molecule has 2 aromatic carbocycles. The molecule has 0 unspecified atom stereocenters. The molecule has 6 nitrogen and oxygen atoms in total. The van der Waals surface area contributed by atoms with E-state index in [9.17, 15) is 9.18 Å². The first-order chi connectivity index (χ1) is 15.6. The van der Waals surface area contributed by atoms with Crippen molar-refractivity contribution in [1.29, 1.82) is 0 Å². The summed E-state index contributed by atoms with van der Waals surface area (Å²) in [6, 6.07) is 9.56. The molecule has 0 bridgehead atoms. The Morgan fingerprint density at radius 2 is 1.88 bits per heavy atom. The molecule has 0 fully saturated rings. The molecule has 0 radical (unpaired) electrons. The third-order valence-electron chi connectivity index (χ3n) is 5.90. The number of imidazole rings is 1. The number of amidine groups is 1. The number of hydrogen-bond acceptors (Lipinski definition) is 3. The number of aromatic nitrogens is 2. The summed E-state index contributed by atoms with van der Waals surface area (Å²) in [5.74, 6) is 0.252. The third kappa shape index (κ3) is 4.06. The van der Waals surface area contributed by atoms with E-state index in [0.717, 1.165) is 37.0 Å². The molecule has 1 aliphatic heterocycles. The molecular formula is C25H24FN5O. The number of amides is 2. The predicted octanol–water partition coefficient (Wildman–Crippen LogP) is 4.82. The highest BCUT2D eigenvalue weighted by atomic mass is 19.1. The average molecular weight is 429 g/mol. The van der Waals surface area contributed by atoms with Gasteiger partial charge in [-0.05, 0) is 91.3 Å². The minimum Gasteiger partial charge on any atom is -0.308 e. The first kappa shape index (κ1) is 20.2. The molecule has 0 spiro atoms. The van der Waals surface area contributed by atoms with E-state index in [1.165, 1.54) is 46.6 Å². The van der Waals surface area contributed by atoms with Gasteiger partial charge in [0.1, 0.15) is 11.7 Å². The number of aliphatic imine (C=N–C) groups is 1. The highest BCUT2D eigenvalue weighted by molar-refractivity contribution is 6.12. The Hall–Kier alpha value is -3.74. The van der Waals surface area contributed by atoms with Gasteiger partial charge in [-0.3, -0.25) is 10.3 Å². The fourth-order valence-corrected chi connectivity index (χ4v) is 4.21. The lowest BCUT2D eigenvalue weighted by molar-refractivity contribution is 0.256. The summed E-state index contributed by atoms with van der Waals surface area (Å²) < 4.78 is 15.2. The quantitative estimate of drug-likeness (QED) is 0.627. The van der Waals surface area contributed by atoms with E-state index in [-0.39, 0.29) is 11.8 Å². The van der Waals surface area contributed by atoms with Gasteiger partial charge in [-0.2, -0.15) is 0 Å². The van der Waals surface area contributed by atoms with E-state index in [2.05, 4.69) is 43.4 Å². The van der Waals surface area contributed by atoms with Gasteiger partial charge in [-0.25, -0.2) is 14.2 Å². The lowest BCUT2D eigenvalue weighted by atomic mass is 9.82. The number of rotatable bonds is 3. The minimum absolute atomic E-state index is 0.344. The number of carbonyl (C=O) groups excluding carboxylic acids is 1. The lowest BCUT2D eigenvalue weighted by Gasteiger charge is -2.26. The van der Waals surface area contributed by atoms with Crippen LogP contribution < -0.4 is 10.6 Å². The van der Waals surface area contributed by atoms with Crippen molar-refractivity contribution in [2.24, 2.45) is 4.99 Å². The second-order valence-corrected chi connectivity index (χ2v) is 8.14. The number of fused-ring (bicyclic) bond motifs is 1. The molecule has 1 aromatic heterocycles. The van der Waals surface area contributed by atoms with E-state index >= 15 is 0 Å². The van der Waals surface area contributed by atoms with Crippen LogP contribution in [-0.4, -0.2) is 28.0 Å². The van der Waals surface area contributed by atoms with E-state index < -0.39 is 0 Å². The topological polar surface area (TPSA) is 71.3 Å². The molecule has 2 amide bonds. The number of carbonyl (C=O) groups is 1. The average Bonchev–Trinajstić information content (AvgIpc) is 3.18. The van der Waals surface area contributed by atoms with Crippen LogP contribution in [0.15, 0.2) is 59.5 Å². The van der Waals surface area contributed by atoms with Crippen molar-refractivity contribution < 1.29 is 9.18 Å². The maximum Gasteiger partial charge on any atom is 0.324 e. The third-order valence-corrected chi connectivity index (χ3v) is 5.90. The monoisotopic (exact) mass is 429 g/mol. The number of nitrogens with one attached hydrogen (secondary N) is 2. The number of halogens is 1. The Bertz CT molecular complexity index is 1240. The molecular weight excluding hydrogens is 405 g/mol. The second-order valence-electron chi connectivity index (χ2n) is 8.14. The van der Waals surface area contributed by atoms with Crippen LogP contribution in [0.3, 0.4) is 0 Å². The summed E-state index contributed by atoms with van der Waals surface area (Å²) in [6.45, 7) is 2.67. The second kappa shape index (κ2) is 8.42. The summed E-state index contributed by atoms with van der Waals surface area (Å²) in [4.78, 5) is 21.4. The largest absolute Gasteiger partial charge is 0.324 e. The van der Waals surface area contributed by atoms with Crippen LogP contribution in [0.2, 0.25) is 0 Å². The van der Waals surface area contributed by atoms with Gasteiger partial charge in [0.25, 0.3) is 0 Å². The Morgan fingerprint density at radius 1 is 1.06 bits per heavy atom. The molecule has 7 heteroatoms. The van der Waals surface area contributed by atoms with Crippen molar-refractivity contribution in [1.82, 2.24) is 14.9 Å². The standard InChI is InChI=1S/C25H24FN5O/c1-16-14-31(15-28-16)23-11-4-17(21-9-10-22(21)23)13-18-3-2-12-27-24(18)30-25(32)29-20-7-5-19(26)6-8-20/h4-8,11,13-15H,2-3,9-10,12H2,1H3,(H2,27,29,30,32)/b18-13+. The van der Waals surface area contributed by atoms with E-state index in [1.54, 1.807) is 0 Å². The Balaban J connectivity index is 1.36. The molecule has 2 N–H and O–H groups in total. The Morgan fingerprint density at radius 3 is 2.59 bits per heavy atom. The van der Waals surface area contributed by atoms with Crippen molar-refractivity contribution in [3.63, 3.8) is 0 Å². The van der Waals surface area contributed by atoms with Crippen LogP contribution >= 0.6 is 0 Å². The molecule has 32 heavy (non-hydrogen) atoms. The first-order valence-corrected chi connectivity index (χ1v) is 10.8. The van der Waals surface area contributed by atoms with Crippen LogP contribution in [0.5, 0.6) is 0 Å². The fourth-order valence-electron chi connectivity index (χ4n) is 4.21. The SMILES string of the molecule is Cc1cn(-c2ccc(/C=C3\CCCN=C3NC(=O)Nc3ccc(F)cc3)c3c2CC3)cn1. The van der Waals surface area contributed by atoms with Crippen molar-refractivity contribution in [2.75, 3.05) is 11.9 Å². The summed E-state index contributed by atoms with van der Waals surface area (Å²) in [6.07, 6.45) is 9.95. The van der Waals surface area contributed by atoms with Gasteiger partial charge in [0, 0.05) is 24.1 Å². The van der Waals surface area contributed by atoms with Gasteiger partial charge in [0.15, 0.2) is 0 Å². The molecule has 5 rings (SSSR count). The number of aryl methyl sites for hydroxylation is 1. The Kier molecular flexibility index (Phi) is 5.31. The van der Waals surface area contributed by atoms with Gasteiger partial charge in [0.05, 0.1) is 12.0 Å². The number of urea groups is 1. The van der Waals surface area contributed by atoms with Crippen LogP contribution in [0.1, 0.15) is 35.2 Å². The van der Waals surface area contributed by atoms with E-state index in [4.69, 9.17) is 0 Å². The first-order valence-electron chi connectivity index (χ1n) is 10.8. The van der Waals surface area contributed by atoms with Crippen molar-refractivity contribution >= 4 is 23.6 Å². The van der Waals surface area contributed by atoms with Crippen LogP contribution in [-0.2, 0) is 12.8 Å². The summed E-state index contributed by atoms with van der Waals surface area (Å²) in [5.41, 5.74) is 7.61. The molecule has 0 saturated carbocycles. The zero-order chi connectivity index (χ0) is 22.1. The number of benzene rings is 2. The van der Waals surface area contributed by atoms with Crippen molar-refractivity contribution in [3.8, 4) is 5.69 Å². The van der Waals surface area contributed by atoms with Crippen LogP contribution in [0, 0.1) is 12.7 Å². The summed E-state index contributed by atoms with van der Waals surface area (Å²) in [7, 11) is 0. The van der Waals surface area contributed by atoms with Gasteiger partial charge in [-0.15, -0.1) is 0 Å². The van der Waals surface area contributed by atoms with Gasteiger partial charge < -0.3 is 9.88 Å². The maximum atomic E-state index is 13.1. The molecule has 162 valence electrons. The highest BCUT2D eigenvalue weighted by Gasteiger charge is 2.22. The molecule has 2 heterocycles. The smallest absolute Gasteiger partial charge is 0.308 e. The zero-order valence-corrected chi connectivity index (χ0v) is 17.9. The number of anilines is 1. The minimum atomic E-state index is -0.387. The van der Waals surface area contributed by atoms with Gasteiger partial charge >= 0.3 is 6.03 Å². The van der Waals surface area contributed by atoms with E-state index in [1.807, 2.05) is 19.4 Å². The molecule has 2 aliphatic rings. The van der Waals surface area contributed by atoms with Crippen molar-refractivity contribution in [2.45, 2.75) is 32.6 Å². The lowest BCUT2D eigenvalue weighted by Crippen LogP contribution is -2.36. The number of nitrogens with zero attached hydrogens (tertiary/aromatic N) is 3. The fraction of sp³-hybridized carbons (Fsp3) is 0.240. The van der Waals surface area contributed by atoms with Crippen molar-refractivity contribution in [3.05, 3.63) is 82.7 Å². The van der Waals surface area contributed by atoms with Gasteiger partial charge in [-0.1, -0.05) is 6.07 Å². The molecule has 3 aromatic rings.